The Balaban J connectivity index is 1.89. The topological polar surface area (TPSA) is 85.3 Å². The molecule has 1 aliphatic rings. The van der Waals surface area contributed by atoms with Gasteiger partial charge in [0.1, 0.15) is 5.76 Å². The molecule has 3 N–H and O–H groups in total. The van der Waals surface area contributed by atoms with Crippen LogP contribution in [0.15, 0.2) is 16.5 Å². The van der Waals surface area contributed by atoms with Crippen molar-refractivity contribution in [3.63, 3.8) is 0 Å². The van der Waals surface area contributed by atoms with E-state index < -0.39 is 5.91 Å². The number of amides is 2. The molecule has 5 heteroatoms. The summed E-state index contributed by atoms with van der Waals surface area (Å²) < 4.78 is 5.17. The lowest BCUT2D eigenvalue weighted by molar-refractivity contribution is -0.134. The second kappa shape index (κ2) is 4.24. The summed E-state index contributed by atoms with van der Waals surface area (Å²) in [6, 6.07) is 3.15. The molecule has 1 fully saturated rings. The van der Waals surface area contributed by atoms with E-state index in [0.717, 1.165) is 19.3 Å². The van der Waals surface area contributed by atoms with Crippen LogP contribution in [0.2, 0.25) is 0 Å². The van der Waals surface area contributed by atoms with Gasteiger partial charge in [-0.1, -0.05) is 13.3 Å². The summed E-state index contributed by atoms with van der Waals surface area (Å²) in [5, 5.41) is 2.81. The van der Waals surface area contributed by atoms with Gasteiger partial charge in [0.2, 0.25) is 5.91 Å². The minimum atomic E-state index is -0.603. The van der Waals surface area contributed by atoms with Crippen LogP contribution in [0.5, 0.6) is 0 Å². The molecule has 2 amide bonds. The highest BCUT2D eigenvalue weighted by Crippen LogP contribution is 2.40. The largest absolute Gasteiger partial charge is 0.454 e. The fourth-order valence-electron chi connectivity index (χ4n) is 1.92. The monoisotopic (exact) mass is 236 g/mol. The summed E-state index contributed by atoms with van der Waals surface area (Å²) >= 11 is 0. The number of carbonyl (C=O) groups excluding carboxylic acids is 2. The van der Waals surface area contributed by atoms with Crippen LogP contribution in [0.1, 0.15) is 42.5 Å². The van der Waals surface area contributed by atoms with Crippen LogP contribution in [0, 0.1) is 5.41 Å². The summed E-state index contributed by atoms with van der Waals surface area (Å²) in [7, 11) is 0. The molecule has 0 bridgehead atoms. The summed E-state index contributed by atoms with van der Waals surface area (Å²) in [5.74, 6) is 0.0912. The predicted molar refractivity (Wildman–Crippen MR) is 61.0 cm³/mol. The molecule has 0 atom stereocenters. The minimum absolute atomic E-state index is 0.0424. The number of furan rings is 1. The Morgan fingerprint density at radius 2 is 2.18 bits per heavy atom. The van der Waals surface area contributed by atoms with Crippen LogP contribution < -0.4 is 11.1 Å². The molecule has 1 heterocycles. The van der Waals surface area contributed by atoms with Crippen molar-refractivity contribution in [2.45, 2.75) is 32.7 Å². The first-order chi connectivity index (χ1) is 8.01. The Morgan fingerprint density at radius 1 is 1.47 bits per heavy atom. The van der Waals surface area contributed by atoms with Crippen LogP contribution >= 0.6 is 0 Å². The quantitative estimate of drug-likeness (QED) is 0.823. The van der Waals surface area contributed by atoms with Gasteiger partial charge >= 0.3 is 0 Å². The number of carbonyl (C=O) groups is 2. The van der Waals surface area contributed by atoms with Gasteiger partial charge in [0.05, 0.1) is 6.54 Å². The van der Waals surface area contributed by atoms with Crippen molar-refractivity contribution in [2.75, 3.05) is 0 Å². The van der Waals surface area contributed by atoms with Crippen LogP contribution in [0.3, 0.4) is 0 Å². The number of nitrogens with two attached hydrogens (primary N) is 1. The molecule has 17 heavy (non-hydrogen) atoms. The lowest BCUT2D eigenvalue weighted by Gasteiger charge is -2.36. The maximum atomic E-state index is 11.8. The summed E-state index contributed by atoms with van der Waals surface area (Å²) in [4.78, 5) is 22.6. The number of nitrogens with one attached hydrogen (secondary N) is 1. The Morgan fingerprint density at radius 3 is 2.65 bits per heavy atom. The normalized spacial score (nSPS) is 17.2. The van der Waals surface area contributed by atoms with Crippen molar-refractivity contribution in [3.05, 3.63) is 23.7 Å². The van der Waals surface area contributed by atoms with Crippen molar-refractivity contribution in [3.8, 4) is 0 Å². The van der Waals surface area contributed by atoms with Crippen LogP contribution in [0.4, 0.5) is 0 Å². The van der Waals surface area contributed by atoms with E-state index in [0.29, 0.717) is 12.3 Å². The molecule has 0 radical (unpaired) electrons. The van der Waals surface area contributed by atoms with Crippen molar-refractivity contribution in [2.24, 2.45) is 11.1 Å². The van der Waals surface area contributed by atoms with Gasteiger partial charge in [0, 0.05) is 5.41 Å². The smallest absolute Gasteiger partial charge is 0.284 e. The number of primary amides is 1. The zero-order valence-corrected chi connectivity index (χ0v) is 9.79. The predicted octanol–water partition coefficient (Wildman–Crippen LogP) is 1.18. The summed E-state index contributed by atoms with van der Waals surface area (Å²) in [6.45, 7) is 2.25. The average molecular weight is 236 g/mol. The maximum absolute atomic E-state index is 11.8. The second-order valence-corrected chi connectivity index (χ2v) is 4.73. The third-order valence-corrected chi connectivity index (χ3v) is 3.33. The van der Waals surface area contributed by atoms with E-state index >= 15 is 0 Å². The van der Waals surface area contributed by atoms with Crippen molar-refractivity contribution in [1.82, 2.24) is 5.32 Å². The van der Waals surface area contributed by atoms with Gasteiger partial charge in [-0.25, -0.2) is 0 Å². The fraction of sp³-hybridized carbons (Fsp3) is 0.500. The van der Waals surface area contributed by atoms with Gasteiger partial charge in [-0.2, -0.15) is 0 Å². The van der Waals surface area contributed by atoms with Crippen LogP contribution in [-0.4, -0.2) is 11.8 Å². The molecule has 0 unspecified atom stereocenters. The highest BCUT2D eigenvalue weighted by atomic mass is 16.4. The molecule has 1 saturated carbocycles. The lowest BCUT2D eigenvalue weighted by atomic mass is 9.70. The maximum Gasteiger partial charge on any atom is 0.284 e. The summed E-state index contributed by atoms with van der Waals surface area (Å²) in [6.07, 6.45) is 2.98. The second-order valence-electron chi connectivity index (χ2n) is 4.73. The van der Waals surface area contributed by atoms with E-state index in [-0.39, 0.29) is 17.1 Å². The Hall–Kier alpha value is -1.78. The molecule has 5 nitrogen and oxygen atoms in total. The first-order valence-electron chi connectivity index (χ1n) is 5.68. The van der Waals surface area contributed by atoms with E-state index in [1.165, 1.54) is 6.07 Å². The molecule has 0 spiro atoms. The Bertz CT molecular complexity index is 446. The first kappa shape index (κ1) is 11.7. The lowest BCUT2D eigenvalue weighted by Crippen LogP contribution is -2.43. The molecule has 1 aromatic heterocycles. The van der Waals surface area contributed by atoms with Gasteiger partial charge in [0.15, 0.2) is 5.76 Å². The molecule has 0 saturated heterocycles. The molecule has 0 aromatic carbocycles. The van der Waals surface area contributed by atoms with Gasteiger partial charge < -0.3 is 15.5 Å². The highest BCUT2D eigenvalue weighted by molar-refractivity contribution is 5.89. The number of hydrogen-bond acceptors (Lipinski definition) is 3. The average Bonchev–Trinajstić information content (AvgIpc) is 2.71. The van der Waals surface area contributed by atoms with Crippen molar-refractivity contribution >= 4 is 11.8 Å². The van der Waals surface area contributed by atoms with Gasteiger partial charge in [0.25, 0.3) is 5.91 Å². The van der Waals surface area contributed by atoms with Crippen LogP contribution in [0.25, 0.3) is 0 Å². The number of rotatable bonds is 4. The molecule has 2 rings (SSSR count). The van der Waals surface area contributed by atoms with E-state index in [9.17, 15) is 9.59 Å². The summed E-state index contributed by atoms with van der Waals surface area (Å²) in [5.41, 5.74) is 4.84. The van der Waals surface area contributed by atoms with Crippen molar-refractivity contribution < 1.29 is 14.0 Å². The van der Waals surface area contributed by atoms with E-state index in [4.69, 9.17) is 10.2 Å². The van der Waals surface area contributed by atoms with E-state index in [1.807, 2.05) is 6.92 Å². The van der Waals surface area contributed by atoms with E-state index in [2.05, 4.69) is 5.32 Å². The Kier molecular flexibility index (Phi) is 2.92. The molecular weight excluding hydrogens is 220 g/mol. The molecule has 0 aliphatic heterocycles. The van der Waals surface area contributed by atoms with Gasteiger partial charge in [-0.05, 0) is 25.0 Å². The third kappa shape index (κ3) is 2.33. The standard InChI is InChI=1S/C12H16N2O3/c1-12(5-2-6-12)11(16)14-7-8-3-4-9(17-8)10(13)15/h3-4H,2,5-7H2,1H3,(H2,13,15)(H,14,16). The third-order valence-electron chi connectivity index (χ3n) is 3.33. The first-order valence-corrected chi connectivity index (χ1v) is 5.68. The molecule has 1 aromatic rings. The molecular formula is C12H16N2O3. The fourth-order valence-corrected chi connectivity index (χ4v) is 1.92. The van der Waals surface area contributed by atoms with Crippen LogP contribution in [-0.2, 0) is 11.3 Å². The SMILES string of the molecule is CC1(C(=O)NCc2ccc(C(N)=O)o2)CCC1. The highest BCUT2D eigenvalue weighted by Gasteiger charge is 2.38. The van der Waals surface area contributed by atoms with Gasteiger partial charge in [-0.15, -0.1) is 0 Å². The molecule has 1 aliphatic carbocycles. The Labute approximate surface area is 99.4 Å². The van der Waals surface area contributed by atoms with Crippen molar-refractivity contribution in [1.29, 1.82) is 0 Å². The van der Waals surface area contributed by atoms with Gasteiger partial charge in [-0.3, -0.25) is 9.59 Å². The molecule has 92 valence electrons. The number of hydrogen-bond donors (Lipinski definition) is 2. The van der Waals surface area contributed by atoms with E-state index in [1.54, 1.807) is 6.07 Å². The minimum Gasteiger partial charge on any atom is -0.454 e. The zero-order valence-electron chi connectivity index (χ0n) is 9.79. The zero-order chi connectivity index (χ0) is 12.5.